The van der Waals surface area contributed by atoms with E-state index in [1.807, 2.05) is 7.05 Å². The maximum atomic E-state index is 9.26. The van der Waals surface area contributed by atoms with E-state index in [0.717, 1.165) is 18.5 Å². The molecule has 0 aromatic heterocycles. The molecule has 1 aliphatic carbocycles. The van der Waals surface area contributed by atoms with Crippen LogP contribution in [0.4, 0.5) is 0 Å². The number of allylic oxidation sites excluding steroid dienone is 2. The zero-order valence-electron chi connectivity index (χ0n) is 10.4. The SMILES string of the molecule is CN(C(C#N)=C1CCCCC1)C(C)(C)C. The number of nitriles is 1. The molecule has 0 heterocycles. The molecule has 1 fully saturated rings. The molecule has 0 atom stereocenters. The van der Waals surface area contributed by atoms with Crippen molar-refractivity contribution in [1.29, 1.82) is 5.26 Å². The van der Waals surface area contributed by atoms with Crippen LogP contribution in [0.3, 0.4) is 0 Å². The molecule has 2 nitrogen and oxygen atoms in total. The fourth-order valence-electron chi connectivity index (χ4n) is 1.94. The lowest BCUT2D eigenvalue weighted by Gasteiger charge is -2.35. The highest BCUT2D eigenvalue weighted by Crippen LogP contribution is 2.29. The number of hydrogen-bond donors (Lipinski definition) is 0. The van der Waals surface area contributed by atoms with Crippen LogP contribution in [0.25, 0.3) is 0 Å². The number of nitrogens with zero attached hydrogens (tertiary/aromatic N) is 2. The predicted octanol–water partition coefficient (Wildman–Crippen LogP) is 3.46. The minimum atomic E-state index is 0.0372. The van der Waals surface area contributed by atoms with E-state index in [4.69, 9.17) is 0 Å². The molecule has 0 radical (unpaired) electrons. The van der Waals surface area contributed by atoms with Crippen LogP contribution >= 0.6 is 0 Å². The highest BCUT2D eigenvalue weighted by Gasteiger charge is 2.22. The van der Waals surface area contributed by atoms with Crippen LogP contribution in [-0.4, -0.2) is 17.5 Å². The monoisotopic (exact) mass is 206 g/mol. The Labute approximate surface area is 93.6 Å². The number of hydrogen-bond acceptors (Lipinski definition) is 2. The minimum Gasteiger partial charge on any atom is -0.361 e. The Hall–Kier alpha value is -0.970. The fraction of sp³-hybridized carbons (Fsp3) is 0.769. The Bertz CT molecular complexity index is 281. The molecule has 0 aromatic carbocycles. The van der Waals surface area contributed by atoms with Crippen molar-refractivity contribution in [3.05, 3.63) is 11.3 Å². The summed E-state index contributed by atoms with van der Waals surface area (Å²) in [7, 11) is 2.03. The molecular formula is C13H22N2. The van der Waals surface area contributed by atoms with Crippen molar-refractivity contribution in [3.8, 4) is 6.07 Å². The molecule has 15 heavy (non-hydrogen) atoms. The van der Waals surface area contributed by atoms with Crippen LogP contribution in [-0.2, 0) is 0 Å². The quantitative estimate of drug-likeness (QED) is 0.614. The molecule has 0 saturated heterocycles. The van der Waals surface area contributed by atoms with Crippen molar-refractivity contribution in [1.82, 2.24) is 4.90 Å². The second kappa shape index (κ2) is 4.70. The van der Waals surface area contributed by atoms with Gasteiger partial charge in [0.2, 0.25) is 0 Å². The highest BCUT2D eigenvalue weighted by molar-refractivity contribution is 5.28. The van der Waals surface area contributed by atoms with Crippen molar-refractivity contribution in [2.75, 3.05) is 7.05 Å². The summed E-state index contributed by atoms with van der Waals surface area (Å²) in [5.74, 6) is 0. The maximum Gasteiger partial charge on any atom is 0.117 e. The molecule has 0 spiro atoms. The standard InChI is InChI=1S/C13H22N2/c1-13(2,3)15(4)12(10-14)11-8-6-5-7-9-11/h5-9H2,1-4H3. The van der Waals surface area contributed by atoms with Crippen LogP contribution in [0.15, 0.2) is 11.3 Å². The van der Waals surface area contributed by atoms with Crippen LogP contribution < -0.4 is 0 Å². The molecular weight excluding hydrogens is 184 g/mol. The van der Waals surface area contributed by atoms with E-state index in [1.165, 1.54) is 24.8 Å². The molecule has 84 valence electrons. The Morgan fingerprint density at radius 2 is 1.73 bits per heavy atom. The summed E-state index contributed by atoms with van der Waals surface area (Å²) < 4.78 is 0. The first kappa shape index (κ1) is 12.1. The lowest BCUT2D eigenvalue weighted by Crippen LogP contribution is -2.37. The number of rotatable bonds is 1. The molecule has 2 heteroatoms. The van der Waals surface area contributed by atoms with Gasteiger partial charge in [0.05, 0.1) is 0 Å². The van der Waals surface area contributed by atoms with E-state index in [2.05, 4.69) is 31.7 Å². The van der Waals surface area contributed by atoms with Crippen molar-refractivity contribution < 1.29 is 0 Å². The van der Waals surface area contributed by atoms with E-state index in [1.54, 1.807) is 0 Å². The first-order valence-corrected chi connectivity index (χ1v) is 5.83. The third kappa shape index (κ3) is 2.99. The summed E-state index contributed by atoms with van der Waals surface area (Å²) in [5.41, 5.74) is 2.30. The van der Waals surface area contributed by atoms with Crippen molar-refractivity contribution in [3.63, 3.8) is 0 Å². The van der Waals surface area contributed by atoms with Gasteiger partial charge >= 0.3 is 0 Å². The van der Waals surface area contributed by atoms with E-state index < -0.39 is 0 Å². The first-order valence-electron chi connectivity index (χ1n) is 5.83. The second-order valence-corrected chi connectivity index (χ2v) is 5.35. The van der Waals surface area contributed by atoms with Crippen molar-refractivity contribution in [2.24, 2.45) is 0 Å². The molecule has 1 aliphatic rings. The third-order valence-corrected chi connectivity index (χ3v) is 3.24. The Morgan fingerprint density at radius 3 is 2.13 bits per heavy atom. The maximum absolute atomic E-state index is 9.26. The first-order chi connectivity index (χ1) is 6.96. The van der Waals surface area contributed by atoms with E-state index >= 15 is 0 Å². The summed E-state index contributed by atoms with van der Waals surface area (Å²) in [4.78, 5) is 2.12. The Morgan fingerprint density at radius 1 is 1.20 bits per heavy atom. The van der Waals surface area contributed by atoms with Crippen molar-refractivity contribution in [2.45, 2.75) is 58.4 Å². The molecule has 0 amide bonds. The second-order valence-electron chi connectivity index (χ2n) is 5.35. The Kier molecular flexibility index (Phi) is 3.79. The lowest BCUT2D eigenvalue weighted by atomic mass is 9.92. The van der Waals surface area contributed by atoms with Crippen LogP contribution in [0.2, 0.25) is 0 Å². The van der Waals surface area contributed by atoms with Crippen LogP contribution in [0.1, 0.15) is 52.9 Å². The van der Waals surface area contributed by atoms with Crippen LogP contribution in [0.5, 0.6) is 0 Å². The molecule has 0 aromatic rings. The summed E-state index contributed by atoms with van der Waals surface area (Å²) in [6.07, 6.45) is 6.05. The van der Waals surface area contributed by atoms with Crippen LogP contribution in [0, 0.1) is 11.3 Å². The van der Waals surface area contributed by atoms with Crippen molar-refractivity contribution >= 4 is 0 Å². The zero-order valence-corrected chi connectivity index (χ0v) is 10.4. The normalized spacial score (nSPS) is 17.1. The predicted molar refractivity (Wildman–Crippen MR) is 63.2 cm³/mol. The van der Waals surface area contributed by atoms with Gasteiger partial charge in [0.15, 0.2) is 0 Å². The van der Waals surface area contributed by atoms with E-state index in [-0.39, 0.29) is 5.54 Å². The van der Waals surface area contributed by atoms with Gasteiger partial charge in [-0.15, -0.1) is 0 Å². The molecule has 1 saturated carbocycles. The van der Waals surface area contributed by atoms with Gasteiger partial charge in [-0.2, -0.15) is 5.26 Å². The average molecular weight is 206 g/mol. The molecule has 0 aliphatic heterocycles. The highest BCUT2D eigenvalue weighted by atomic mass is 15.2. The third-order valence-electron chi connectivity index (χ3n) is 3.24. The summed E-state index contributed by atoms with van der Waals surface area (Å²) in [5, 5.41) is 9.26. The van der Waals surface area contributed by atoms with Gasteiger partial charge in [0, 0.05) is 12.6 Å². The summed E-state index contributed by atoms with van der Waals surface area (Å²) in [6, 6.07) is 2.38. The van der Waals surface area contributed by atoms with Gasteiger partial charge in [-0.25, -0.2) is 0 Å². The van der Waals surface area contributed by atoms with Gasteiger partial charge in [-0.3, -0.25) is 0 Å². The van der Waals surface area contributed by atoms with E-state index in [9.17, 15) is 5.26 Å². The molecule has 0 N–H and O–H groups in total. The Balaban J connectivity index is 2.92. The van der Waals surface area contributed by atoms with Gasteiger partial charge < -0.3 is 4.90 Å². The summed E-state index contributed by atoms with van der Waals surface area (Å²) in [6.45, 7) is 6.44. The summed E-state index contributed by atoms with van der Waals surface area (Å²) >= 11 is 0. The fourth-order valence-corrected chi connectivity index (χ4v) is 1.94. The zero-order chi connectivity index (χ0) is 11.5. The molecule has 0 bridgehead atoms. The van der Waals surface area contributed by atoms with Gasteiger partial charge in [-0.1, -0.05) is 6.42 Å². The molecule has 0 unspecified atom stereocenters. The largest absolute Gasteiger partial charge is 0.361 e. The topological polar surface area (TPSA) is 27.0 Å². The average Bonchev–Trinajstić information content (AvgIpc) is 2.19. The van der Waals surface area contributed by atoms with E-state index in [0.29, 0.717) is 0 Å². The smallest absolute Gasteiger partial charge is 0.117 e. The minimum absolute atomic E-state index is 0.0372. The van der Waals surface area contributed by atoms with Gasteiger partial charge in [-0.05, 0) is 52.0 Å². The van der Waals surface area contributed by atoms with Gasteiger partial charge in [0.25, 0.3) is 0 Å². The lowest BCUT2D eigenvalue weighted by molar-refractivity contribution is 0.232. The van der Waals surface area contributed by atoms with Gasteiger partial charge in [0.1, 0.15) is 11.8 Å². The molecule has 1 rings (SSSR count).